The highest BCUT2D eigenvalue weighted by Crippen LogP contribution is 2.25. The van der Waals surface area contributed by atoms with Crippen molar-refractivity contribution < 1.29 is 18.3 Å². The Balaban J connectivity index is 2.15. The number of hydrogen-bond donors (Lipinski definition) is 0. The van der Waals surface area contributed by atoms with E-state index >= 15 is 0 Å². The van der Waals surface area contributed by atoms with Gasteiger partial charge in [0.1, 0.15) is 0 Å². The summed E-state index contributed by atoms with van der Waals surface area (Å²) < 4.78 is 33.1. The zero-order chi connectivity index (χ0) is 17.1. The molecular weight excluding hydrogens is 316 g/mol. The van der Waals surface area contributed by atoms with Gasteiger partial charge < -0.3 is 4.74 Å². The van der Waals surface area contributed by atoms with Crippen molar-refractivity contribution in [1.82, 2.24) is 14.8 Å². The van der Waals surface area contributed by atoms with Crippen LogP contribution >= 0.6 is 0 Å². The van der Waals surface area contributed by atoms with Crippen molar-refractivity contribution in [3.05, 3.63) is 66.0 Å². The van der Waals surface area contributed by atoms with E-state index in [1.807, 2.05) is 0 Å². The predicted octanol–water partition coefficient (Wildman–Crippen LogP) is 3.39. The van der Waals surface area contributed by atoms with Crippen molar-refractivity contribution in [3.8, 4) is 17.1 Å². The molecule has 0 radical (unpaired) electrons. The highest BCUT2D eigenvalue weighted by Gasteiger charge is 2.19. The summed E-state index contributed by atoms with van der Waals surface area (Å²) in [6, 6.07) is 10.1. The van der Waals surface area contributed by atoms with E-state index in [1.54, 1.807) is 31.3 Å². The van der Waals surface area contributed by atoms with Crippen molar-refractivity contribution in [1.29, 1.82) is 0 Å². The molecule has 3 aromatic rings. The number of ether oxygens (including phenoxy) is 1. The lowest BCUT2D eigenvalue weighted by atomic mass is 10.1. The van der Waals surface area contributed by atoms with Gasteiger partial charge in [-0.25, -0.2) is 23.2 Å². The van der Waals surface area contributed by atoms with Crippen LogP contribution in [0.3, 0.4) is 0 Å². The molecule has 0 aliphatic rings. The van der Waals surface area contributed by atoms with Gasteiger partial charge in [0, 0.05) is 11.8 Å². The van der Waals surface area contributed by atoms with Crippen LogP contribution in [0.5, 0.6) is 0 Å². The smallest absolute Gasteiger partial charge is 0.358 e. The van der Waals surface area contributed by atoms with Gasteiger partial charge in [0.15, 0.2) is 23.1 Å². The van der Waals surface area contributed by atoms with Gasteiger partial charge in [-0.2, -0.15) is 5.10 Å². The summed E-state index contributed by atoms with van der Waals surface area (Å²) in [5, 5.41) is 4.19. The fourth-order valence-electron chi connectivity index (χ4n) is 2.20. The van der Waals surface area contributed by atoms with Gasteiger partial charge in [-0.1, -0.05) is 6.07 Å². The van der Waals surface area contributed by atoms with Crippen LogP contribution in [-0.2, 0) is 4.74 Å². The number of carbonyl (C=O) groups excluding carboxylic acids is 1. The van der Waals surface area contributed by atoms with Gasteiger partial charge in [-0.3, -0.25) is 0 Å². The first-order valence-corrected chi connectivity index (χ1v) is 7.24. The third-order valence-electron chi connectivity index (χ3n) is 3.28. The van der Waals surface area contributed by atoms with Crippen LogP contribution in [0.25, 0.3) is 17.1 Å². The van der Waals surface area contributed by atoms with E-state index in [9.17, 15) is 13.6 Å². The Morgan fingerprint density at radius 3 is 2.67 bits per heavy atom. The monoisotopic (exact) mass is 329 g/mol. The summed E-state index contributed by atoms with van der Waals surface area (Å²) in [4.78, 5) is 16.1. The summed E-state index contributed by atoms with van der Waals surface area (Å²) in [5.41, 5.74) is 0.820. The number of aromatic nitrogens is 3. The first kappa shape index (κ1) is 15.8. The fraction of sp³-hybridized carbons (Fsp3) is 0.118. The number of pyridine rings is 1. The van der Waals surface area contributed by atoms with Crippen LogP contribution in [0, 0.1) is 11.6 Å². The highest BCUT2D eigenvalue weighted by molar-refractivity contribution is 5.89. The Morgan fingerprint density at radius 1 is 1.17 bits per heavy atom. The van der Waals surface area contributed by atoms with Gasteiger partial charge in [-0.15, -0.1) is 0 Å². The third-order valence-corrected chi connectivity index (χ3v) is 3.28. The highest BCUT2D eigenvalue weighted by atomic mass is 19.2. The lowest BCUT2D eigenvalue weighted by molar-refractivity contribution is 0.0519. The normalized spacial score (nSPS) is 10.6. The number of hydrogen-bond acceptors (Lipinski definition) is 4. The topological polar surface area (TPSA) is 57.0 Å². The molecule has 0 atom stereocenters. The molecule has 0 aliphatic carbocycles. The summed E-state index contributed by atoms with van der Waals surface area (Å²) in [6.07, 6.45) is 1.57. The first-order valence-electron chi connectivity index (χ1n) is 7.24. The van der Waals surface area contributed by atoms with Crippen molar-refractivity contribution in [3.63, 3.8) is 0 Å². The Kier molecular flexibility index (Phi) is 4.33. The molecule has 2 heterocycles. The minimum absolute atomic E-state index is 0.0576. The van der Waals surface area contributed by atoms with E-state index in [2.05, 4.69) is 10.1 Å². The van der Waals surface area contributed by atoms with Crippen LogP contribution in [0.2, 0.25) is 0 Å². The second-order valence-corrected chi connectivity index (χ2v) is 4.86. The summed E-state index contributed by atoms with van der Waals surface area (Å²) in [5.74, 6) is -2.10. The lowest BCUT2D eigenvalue weighted by Crippen LogP contribution is -2.07. The molecule has 0 saturated heterocycles. The average Bonchev–Trinajstić information content (AvgIpc) is 3.04. The van der Waals surface area contributed by atoms with Gasteiger partial charge in [0.05, 0.1) is 12.3 Å². The van der Waals surface area contributed by atoms with Gasteiger partial charge in [-0.05, 0) is 43.3 Å². The van der Waals surface area contributed by atoms with Crippen molar-refractivity contribution in [2.24, 2.45) is 0 Å². The Bertz CT molecular complexity index is 879. The molecule has 0 aliphatic heterocycles. The number of benzene rings is 1. The standard InChI is InChI=1S/C17H13F2N3O2/c1-2-24-17(23)14-10-15(11-6-7-12(18)13(19)9-11)22(21-14)16-5-3-4-8-20-16/h3-10H,2H2,1H3. The molecule has 0 fully saturated rings. The first-order chi connectivity index (χ1) is 11.6. The predicted molar refractivity (Wildman–Crippen MR) is 82.7 cm³/mol. The van der Waals surface area contributed by atoms with E-state index in [0.29, 0.717) is 17.1 Å². The number of rotatable bonds is 4. The number of carbonyl (C=O) groups is 1. The molecule has 24 heavy (non-hydrogen) atoms. The van der Waals surface area contributed by atoms with E-state index in [1.165, 1.54) is 16.8 Å². The molecule has 0 N–H and O–H groups in total. The SMILES string of the molecule is CCOC(=O)c1cc(-c2ccc(F)c(F)c2)n(-c2ccccn2)n1. The Hall–Kier alpha value is -3.09. The molecular formula is C17H13F2N3O2. The van der Waals surface area contributed by atoms with Crippen LogP contribution < -0.4 is 0 Å². The molecule has 3 rings (SSSR count). The maximum absolute atomic E-state index is 13.6. The quantitative estimate of drug-likeness (QED) is 0.689. The minimum Gasteiger partial charge on any atom is -0.461 e. The zero-order valence-corrected chi connectivity index (χ0v) is 12.7. The largest absolute Gasteiger partial charge is 0.461 e. The molecule has 122 valence electrons. The van der Waals surface area contributed by atoms with E-state index in [-0.39, 0.29) is 12.3 Å². The van der Waals surface area contributed by atoms with Gasteiger partial charge in [0.25, 0.3) is 0 Å². The number of halogens is 2. The summed E-state index contributed by atoms with van der Waals surface area (Å²) >= 11 is 0. The second-order valence-electron chi connectivity index (χ2n) is 4.86. The molecule has 0 saturated carbocycles. The van der Waals surface area contributed by atoms with Crippen LogP contribution in [0.1, 0.15) is 17.4 Å². The van der Waals surface area contributed by atoms with Crippen LogP contribution in [0.4, 0.5) is 8.78 Å². The molecule has 0 unspecified atom stereocenters. The van der Waals surface area contributed by atoms with Crippen LogP contribution in [0.15, 0.2) is 48.7 Å². The number of esters is 1. The average molecular weight is 329 g/mol. The molecule has 0 spiro atoms. The fourth-order valence-corrected chi connectivity index (χ4v) is 2.20. The van der Waals surface area contributed by atoms with E-state index < -0.39 is 17.6 Å². The zero-order valence-electron chi connectivity index (χ0n) is 12.7. The Labute approximate surface area is 136 Å². The number of nitrogens with zero attached hydrogens (tertiary/aromatic N) is 3. The Morgan fingerprint density at radius 2 is 2.00 bits per heavy atom. The molecule has 0 bridgehead atoms. The third kappa shape index (κ3) is 3.01. The molecule has 0 amide bonds. The maximum atomic E-state index is 13.6. The van der Waals surface area contributed by atoms with E-state index in [4.69, 9.17) is 4.74 Å². The minimum atomic E-state index is -0.987. The van der Waals surface area contributed by atoms with Crippen LogP contribution in [-0.4, -0.2) is 27.3 Å². The van der Waals surface area contributed by atoms with E-state index in [0.717, 1.165) is 12.1 Å². The molecule has 1 aromatic carbocycles. The van der Waals surface area contributed by atoms with Gasteiger partial charge in [0.2, 0.25) is 0 Å². The van der Waals surface area contributed by atoms with Crippen molar-refractivity contribution in [2.75, 3.05) is 6.61 Å². The molecule has 5 nitrogen and oxygen atoms in total. The molecule has 7 heteroatoms. The van der Waals surface area contributed by atoms with Gasteiger partial charge >= 0.3 is 5.97 Å². The second kappa shape index (κ2) is 6.57. The summed E-state index contributed by atoms with van der Waals surface area (Å²) in [7, 11) is 0. The molecule has 2 aromatic heterocycles. The summed E-state index contributed by atoms with van der Waals surface area (Å²) in [6.45, 7) is 1.89. The lowest BCUT2D eigenvalue weighted by Gasteiger charge is -2.06. The van der Waals surface area contributed by atoms with Crippen molar-refractivity contribution in [2.45, 2.75) is 6.92 Å². The van der Waals surface area contributed by atoms with Crippen molar-refractivity contribution >= 4 is 5.97 Å². The maximum Gasteiger partial charge on any atom is 0.358 e.